The van der Waals surface area contributed by atoms with Crippen molar-refractivity contribution in [3.05, 3.63) is 12.2 Å². The van der Waals surface area contributed by atoms with Crippen molar-refractivity contribution in [1.82, 2.24) is 0 Å². The molecule has 0 radical (unpaired) electrons. The van der Waals surface area contributed by atoms with Crippen LogP contribution in [0, 0.1) is 34.0 Å². The highest BCUT2D eigenvalue weighted by atomic mass is 16.4. The van der Waals surface area contributed by atoms with Gasteiger partial charge in [-0.2, -0.15) is 0 Å². The van der Waals surface area contributed by atoms with Crippen LogP contribution >= 0.6 is 0 Å². The van der Waals surface area contributed by atoms with Gasteiger partial charge in [0, 0.05) is 11.3 Å². The van der Waals surface area contributed by atoms with E-state index in [1.165, 1.54) is 0 Å². The summed E-state index contributed by atoms with van der Waals surface area (Å²) in [7, 11) is 0. The van der Waals surface area contributed by atoms with Gasteiger partial charge in [-0.1, -0.05) is 19.9 Å². The Hall–Kier alpha value is -1.16. The van der Waals surface area contributed by atoms with Crippen LogP contribution in [0.1, 0.15) is 58.8 Å². The number of hydrogen-bond acceptors (Lipinski definition) is 3. The Morgan fingerprint density at radius 1 is 1.25 bits per heavy atom. The number of hydrogen-bond donors (Lipinski definition) is 2. The molecule has 4 saturated carbocycles. The molecule has 0 aromatic heterocycles. The minimum absolute atomic E-state index is 0.0275. The first-order valence-corrected chi connectivity index (χ1v) is 9.32. The summed E-state index contributed by atoms with van der Waals surface area (Å²) in [6.45, 7) is 8.06. The van der Waals surface area contributed by atoms with Crippen molar-refractivity contribution in [2.45, 2.75) is 64.9 Å². The van der Waals surface area contributed by atoms with Crippen molar-refractivity contribution in [3.8, 4) is 0 Å². The molecule has 4 nitrogen and oxygen atoms in total. The average Bonchev–Trinajstić information content (AvgIpc) is 2.68. The molecule has 4 aliphatic carbocycles. The second-order valence-corrected chi connectivity index (χ2v) is 9.37. The zero-order chi connectivity index (χ0) is 17.5. The lowest BCUT2D eigenvalue weighted by Gasteiger charge is -2.63. The predicted molar refractivity (Wildman–Crippen MR) is 89.2 cm³/mol. The van der Waals surface area contributed by atoms with E-state index in [9.17, 15) is 19.8 Å². The van der Waals surface area contributed by atoms with Gasteiger partial charge in [0.2, 0.25) is 0 Å². The molecule has 4 fully saturated rings. The van der Waals surface area contributed by atoms with Gasteiger partial charge in [-0.15, -0.1) is 0 Å². The third-order valence-corrected chi connectivity index (χ3v) is 8.41. The first kappa shape index (κ1) is 16.3. The molecule has 0 aliphatic heterocycles. The molecule has 0 heterocycles. The number of carbonyl (C=O) groups is 2. The fraction of sp³-hybridized carbons (Fsp3) is 0.800. The number of aliphatic hydroxyl groups excluding tert-OH is 1. The van der Waals surface area contributed by atoms with Crippen LogP contribution in [0.5, 0.6) is 0 Å². The van der Waals surface area contributed by atoms with E-state index in [0.717, 1.165) is 25.7 Å². The van der Waals surface area contributed by atoms with E-state index in [-0.39, 0.29) is 29.0 Å². The number of carboxylic acid groups (broad SMARTS) is 1. The van der Waals surface area contributed by atoms with E-state index in [4.69, 9.17) is 0 Å². The van der Waals surface area contributed by atoms with Gasteiger partial charge in [0.25, 0.3) is 0 Å². The van der Waals surface area contributed by atoms with Gasteiger partial charge in [0.1, 0.15) is 0 Å². The summed E-state index contributed by atoms with van der Waals surface area (Å²) in [5.74, 6) is -0.528. The minimum atomic E-state index is -0.746. The summed E-state index contributed by atoms with van der Waals surface area (Å²) in [6, 6.07) is 0. The molecule has 4 heteroatoms. The topological polar surface area (TPSA) is 74.6 Å². The molecular weight excluding hydrogens is 304 g/mol. The largest absolute Gasteiger partial charge is 0.481 e. The van der Waals surface area contributed by atoms with Crippen LogP contribution in [0.4, 0.5) is 0 Å². The summed E-state index contributed by atoms with van der Waals surface area (Å²) < 4.78 is 0. The quantitative estimate of drug-likeness (QED) is 0.723. The molecule has 4 rings (SSSR count). The molecule has 0 aromatic carbocycles. The van der Waals surface area contributed by atoms with E-state index < -0.39 is 22.9 Å². The van der Waals surface area contributed by atoms with E-state index in [2.05, 4.69) is 13.5 Å². The summed E-state index contributed by atoms with van der Waals surface area (Å²) in [6.07, 6.45) is 4.86. The van der Waals surface area contributed by atoms with Crippen molar-refractivity contribution in [2.75, 3.05) is 0 Å². The molecule has 4 aliphatic rings. The SMILES string of the molecule is C=C1C(=O)[C@@]23CC[C@H]4[C@@](C)(CCC[C@@]4(C)C(=O)O)[C@@H]2[C@@H](O)C[C@H]1C3. The average molecular weight is 332 g/mol. The maximum Gasteiger partial charge on any atom is 0.309 e. The van der Waals surface area contributed by atoms with Crippen LogP contribution in [0.2, 0.25) is 0 Å². The van der Waals surface area contributed by atoms with Crippen molar-refractivity contribution in [1.29, 1.82) is 0 Å². The monoisotopic (exact) mass is 332 g/mol. The van der Waals surface area contributed by atoms with Gasteiger partial charge in [0.05, 0.1) is 11.5 Å². The Morgan fingerprint density at radius 2 is 1.96 bits per heavy atom. The van der Waals surface area contributed by atoms with Gasteiger partial charge < -0.3 is 10.2 Å². The molecule has 2 N–H and O–H groups in total. The molecule has 7 atom stereocenters. The normalized spacial score (nSPS) is 53.5. The molecule has 24 heavy (non-hydrogen) atoms. The van der Waals surface area contributed by atoms with Crippen molar-refractivity contribution in [3.63, 3.8) is 0 Å². The molecule has 2 bridgehead atoms. The summed E-state index contributed by atoms with van der Waals surface area (Å²) in [5, 5.41) is 20.9. The van der Waals surface area contributed by atoms with Crippen molar-refractivity contribution >= 4 is 11.8 Å². The Bertz CT molecular complexity index is 640. The number of rotatable bonds is 1. The number of allylic oxidation sites excluding steroid dienone is 1. The third-order valence-electron chi connectivity index (χ3n) is 8.41. The second-order valence-electron chi connectivity index (χ2n) is 9.37. The van der Waals surface area contributed by atoms with Gasteiger partial charge in [-0.05, 0) is 68.3 Å². The number of carboxylic acids is 1. The van der Waals surface area contributed by atoms with E-state index >= 15 is 0 Å². The Morgan fingerprint density at radius 3 is 2.62 bits per heavy atom. The molecule has 1 spiro atoms. The van der Waals surface area contributed by atoms with Crippen LogP contribution in [0.15, 0.2) is 12.2 Å². The van der Waals surface area contributed by atoms with Gasteiger partial charge >= 0.3 is 5.97 Å². The zero-order valence-electron chi connectivity index (χ0n) is 14.7. The maximum atomic E-state index is 13.1. The standard InChI is InChI=1S/C20H28O4/c1-11-12-9-13(21)15-18(2)6-4-7-19(3,17(23)24)14(18)5-8-20(15,10-12)16(11)22/h12-15,21H,1,4-10H2,2-3H3,(H,23,24)/t12-,13-,14-,15-,18+,19+,20+/m0/s1. The number of Topliss-reactive ketones (excluding diaryl/α,β-unsaturated/α-hetero) is 1. The fourth-order valence-electron chi connectivity index (χ4n) is 7.48. The number of fused-ring (bicyclic) bond motifs is 3. The summed E-state index contributed by atoms with van der Waals surface area (Å²) in [5.41, 5.74) is -0.810. The zero-order valence-corrected chi connectivity index (χ0v) is 14.7. The lowest BCUT2D eigenvalue weighted by Crippen LogP contribution is -2.62. The highest BCUT2D eigenvalue weighted by Crippen LogP contribution is 2.71. The van der Waals surface area contributed by atoms with Crippen LogP contribution in [0.3, 0.4) is 0 Å². The Kier molecular flexibility index (Phi) is 3.21. The summed E-state index contributed by atoms with van der Waals surface area (Å²) in [4.78, 5) is 25.1. The number of carbonyl (C=O) groups excluding carboxylic acids is 1. The first-order chi connectivity index (χ1) is 11.2. The molecule has 0 aromatic rings. The number of ketones is 1. The predicted octanol–water partition coefficient (Wildman–Crippen LogP) is 3.19. The first-order valence-electron chi connectivity index (χ1n) is 9.32. The van der Waals surface area contributed by atoms with Gasteiger partial charge in [-0.25, -0.2) is 0 Å². The lowest BCUT2D eigenvalue weighted by molar-refractivity contribution is -0.199. The van der Waals surface area contributed by atoms with Gasteiger partial charge in [-0.3, -0.25) is 9.59 Å². The smallest absolute Gasteiger partial charge is 0.309 e. The molecule has 132 valence electrons. The minimum Gasteiger partial charge on any atom is -0.481 e. The van der Waals surface area contributed by atoms with E-state index in [0.29, 0.717) is 24.8 Å². The van der Waals surface area contributed by atoms with Crippen LogP contribution in [-0.4, -0.2) is 28.1 Å². The van der Waals surface area contributed by atoms with E-state index in [1.54, 1.807) is 0 Å². The summed E-state index contributed by atoms with van der Waals surface area (Å²) >= 11 is 0. The maximum absolute atomic E-state index is 13.1. The lowest BCUT2D eigenvalue weighted by atomic mass is 9.40. The van der Waals surface area contributed by atoms with Crippen molar-refractivity contribution < 1.29 is 19.8 Å². The third kappa shape index (κ3) is 1.68. The van der Waals surface area contributed by atoms with Crippen LogP contribution in [-0.2, 0) is 9.59 Å². The molecule has 0 amide bonds. The highest BCUT2D eigenvalue weighted by Gasteiger charge is 2.70. The molecule has 0 saturated heterocycles. The van der Waals surface area contributed by atoms with Crippen molar-refractivity contribution in [2.24, 2.45) is 34.0 Å². The van der Waals surface area contributed by atoms with Crippen LogP contribution in [0.25, 0.3) is 0 Å². The fourth-order valence-corrected chi connectivity index (χ4v) is 7.48. The Labute approximate surface area is 143 Å². The Balaban J connectivity index is 1.83. The van der Waals surface area contributed by atoms with Gasteiger partial charge in [0.15, 0.2) is 5.78 Å². The van der Waals surface area contributed by atoms with Crippen LogP contribution < -0.4 is 0 Å². The molecular formula is C20H28O4. The number of aliphatic hydroxyl groups is 1. The molecule has 0 unspecified atom stereocenters. The highest BCUT2D eigenvalue weighted by molar-refractivity contribution is 6.03. The second kappa shape index (κ2) is 4.72. The number of aliphatic carboxylic acids is 1. The van der Waals surface area contributed by atoms with E-state index in [1.807, 2.05) is 6.92 Å².